The molecule has 0 radical (unpaired) electrons. The van der Waals surface area contributed by atoms with Crippen molar-refractivity contribution >= 4 is 0 Å². The standard InChI is InChI=1S/C12H20O/c1-12(10-6-3-4-7-10)9-5-8-11(12)13-2/h6,11H,3-5,7-9H2,1-2H3. The van der Waals surface area contributed by atoms with Gasteiger partial charge in [0, 0.05) is 12.5 Å². The van der Waals surface area contributed by atoms with Gasteiger partial charge in [0.15, 0.2) is 0 Å². The summed E-state index contributed by atoms with van der Waals surface area (Å²) < 4.78 is 5.60. The molecule has 74 valence electrons. The Morgan fingerprint density at radius 1 is 1.46 bits per heavy atom. The first-order chi connectivity index (χ1) is 6.27. The Bertz CT molecular complexity index is 219. The summed E-state index contributed by atoms with van der Waals surface area (Å²) in [6, 6.07) is 0. The van der Waals surface area contributed by atoms with Gasteiger partial charge in [0.1, 0.15) is 0 Å². The average molecular weight is 180 g/mol. The Labute approximate surface area is 81.2 Å². The molecule has 0 N–H and O–H groups in total. The fourth-order valence-corrected chi connectivity index (χ4v) is 3.07. The van der Waals surface area contributed by atoms with Crippen LogP contribution in [0.5, 0.6) is 0 Å². The summed E-state index contributed by atoms with van der Waals surface area (Å²) in [4.78, 5) is 0. The van der Waals surface area contributed by atoms with Gasteiger partial charge in [-0.1, -0.05) is 18.6 Å². The molecular formula is C12H20O. The third-order valence-corrected chi connectivity index (χ3v) is 3.93. The van der Waals surface area contributed by atoms with E-state index in [1.54, 1.807) is 5.57 Å². The normalized spacial score (nSPS) is 39.5. The minimum Gasteiger partial charge on any atom is -0.381 e. The lowest BCUT2D eigenvalue weighted by molar-refractivity contribution is 0.0386. The van der Waals surface area contributed by atoms with Gasteiger partial charge in [-0.25, -0.2) is 0 Å². The predicted octanol–water partition coefficient (Wildman–Crippen LogP) is 3.30. The second-order valence-electron chi connectivity index (χ2n) is 4.66. The smallest absolute Gasteiger partial charge is 0.0661 e. The highest BCUT2D eigenvalue weighted by Gasteiger charge is 2.41. The zero-order chi connectivity index (χ0) is 9.31. The Morgan fingerprint density at radius 2 is 2.31 bits per heavy atom. The largest absolute Gasteiger partial charge is 0.381 e. The lowest BCUT2D eigenvalue weighted by atomic mass is 9.78. The van der Waals surface area contributed by atoms with Crippen molar-refractivity contribution in [3.8, 4) is 0 Å². The van der Waals surface area contributed by atoms with E-state index in [-0.39, 0.29) is 0 Å². The van der Waals surface area contributed by atoms with Gasteiger partial charge in [0.2, 0.25) is 0 Å². The van der Waals surface area contributed by atoms with Crippen LogP contribution in [0.1, 0.15) is 45.4 Å². The first kappa shape index (κ1) is 9.26. The van der Waals surface area contributed by atoms with Crippen LogP contribution >= 0.6 is 0 Å². The fourth-order valence-electron chi connectivity index (χ4n) is 3.07. The summed E-state index contributed by atoms with van der Waals surface area (Å²) in [5.41, 5.74) is 2.06. The number of rotatable bonds is 2. The topological polar surface area (TPSA) is 9.23 Å². The van der Waals surface area contributed by atoms with Gasteiger partial charge in [0.25, 0.3) is 0 Å². The van der Waals surface area contributed by atoms with E-state index in [1.807, 2.05) is 7.11 Å². The lowest BCUT2D eigenvalue weighted by Crippen LogP contribution is -2.29. The molecule has 1 saturated carbocycles. The van der Waals surface area contributed by atoms with Crippen LogP contribution in [0.4, 0.5) is 0 Å². The first-order valence-electron chi connectivity index (χ1n) is 5.49. The molecular weight excluding hydrogens is 160 g/mol. The Hall–Kier alpha value is -0.300. The second-order valence-corrected chi connectivity index (χ2v) is 4.66. The molecule has 0 aromatic heterocycles. The molecule has 2 aliphatic rings. The van der Waals surface area contributed by atoms with E-state index < -0.39 is 0 Å². The Balaban J connectivity index is 2.17. The molecule has 0 aromatic carbocycles. The second kappa shape index (κ2) is 3.45. The van der Waals surface area contributed by atoms with Crippen molar-refractivity contribution in [2.75, 3.05) is 7.11 Å². The van der Waals surface area contributed by atoms with E-state index >= 15 is 0 Å². The molecule has 0 saturated heterocycles. The molecule has 0 bridgehead atoms. The van der Waals surface area contributed by atoms with Crippen LogP contribution in [-0.4, -0.2) is 13.2 Å². The zero-order valence-electron chi connectivity index (χ0n) is 8.81. The lowest BCUT2D eigenvalue weighted by Gasteiger charge is -2.32. The van der Waals surface area contributed by atoms with Gasteiger partial charge in [-0.3, -0.25) is 0 Å². The molecule has 0 amide bonds. The van der Waals surface area contributed by atoms with E-state index in [9.17, 15) is 0 Å². The van der Waals surface area contributed by atoms with Gasteiger partial charge < -0.3 is 4.74 Å². The summed E-state index contributed by atoms with van der Waals surface area (Å²) >= 11 is 0. The quantitative estimate of drug-likeness (QED) is 0.592. The molecule has 1 heteroatoms. The minimum atomic E-state index is 0.380. The Morgan fingerprint density at radius 3 is 2.92 bits per heavy atom. The van der Waals surface area contributed by atoms with E-state index in [0.29, 0.717) is 11.5 Å². The highest BCUT2D eigenvalue weighted by atomic mass is 16.5. The minimum absolute atomic E-state index is 0.380. The molecule has 1 nitrogen and oxygen atoms in total. The van der Waals surface area contributed by atoms with Crippen LogP contribution in [-0.2, 0) is 4.74 Å². The maximum Gasteiger partial charge on any atom is 0.0661 e. The molecule has 13 heavy (non-hydrogen) atoms. The van der Waals surface area contributed by atoms with Gasteiger partial charge >= 0.3 is 0 Å². The van der Waals surface area contributed by atoms with Crippen LogP contribution in [0.15, 0.2) is 11.6 Å². The monoisotopic (exact) mass is 180 g/mol. The van der Waals surface area contributed by atoms with E-state index in [2.05, 4.69) is 13.0 Å². The van der Waals surface area contributed by atoms with Crippen molar-refractivity contribution < 1.29 is 4.74 Å². The fraction of sp³-hybridized carbons (Fsp3) is 0.833. The van der Waals surface area contributed by atoms with E-state index in [1.165, 1.54) is 38.5 Å². The number of ether oxygens (including phenoxy) is 1. The van der Waals surface area contributed by atoms with Gasteiger partial charge in [-0.05, 0) is 38.5 Å². The molecule has 0 aliphatic heterocycles. The molecule has 0 aromatic rings. The van der Waals surface area contributed by atoms with E-state index in [4.69, 9.17) is 4.74 Å². The van der Waals surface area contributed by atoms with Crippen molar-refractivity contribution in [1.82, 2.24) is 0 Å². The highest BCUT2D eigenvalue weighted by Crippen LogP contribution is 2.48. The maximum absolute atomic E-state index is 5.60. The first-order valence-corrected chi connectivity index (χ1v) is 5.49. The van der Waals surface area contributed by atoms with E-state index in [0.717, 1.165) is 0 Å². The van der Waals surface area contributed by atoms with Crippen LogP contribution in [0, 0.1) is 5.41 Å². The van der Waals surface area contributed by atoms with Crippen LogP contribution < -0.4 is 0 Å². The molecule has 0 spiro atoms. The summed E-state index contributed by atoms with van der Waals surface area (Å²) in [5, 5.41) is 0. The summed E-state index contributed by atoms with van der Waals surface area (Å²) in [6.45, 7) is 2.39. The van der Waals surface area contributed by atoms with Crippen molar-refractivity contribution in [3.63, 3.8) is 0 Å². The zero-order valence-corrected chi connectivity index (χ0v) is 8.81. The van der Waals surface area contributed by atoms with Crippen molar-refractivity contribution in [1.29, 1.82) is 0 Å². The van der Waals surface area contributed by atoms with Crippen LogP contribution in [0.2, 0.25) is 0 Å². The van der Waals surface area contributed by atoms with Crippen molar-refractivity contribution in [2.45, 2.75) is 51.6 Å². The van der Waals surface area contributed by atoms with Gasteiger partial charge in [0.05, 0.1) is 6.10 Å². The van der Waals surface area contributed by atoms with Gasteiger partial charge in [-0.2, -0.15) is 0 Å². The number of methoxy groups -OCH3 is 1. The summed E-state index contributed by atoms with van der Waals surface area (Å²) in [7, 11) is 1.86. The highest BCUT2D eigenvalue weighted by molar-refractivity contribution is 5.21. The van der Waals surface area contributed by atoms with Gasteiger partial charge in [-0.15, -0.1) is 0 Å². The molecule has 2 aliphatic carbocycles. The summed E-state index contributed by atoms with van der Waals surface area (Å²) in [6.07, 6.45) is 10.8. The molecule has 2 unspecified atom stereocenters. The molecule has 1 fully saturated rings. The molecule has 2 rings (SSSR count). The van der Waals surface area contributed by atoms with Crippen molar-refractivity contribution in [3.05, 3.63) is 11.6 Å². The number of hydrogen-bond acceptors (Lipinski definition) is 1. The van der Waals surface area contributed by atoms with Crippen LogP contribution in [0.3, 0.4) is 0 Å². The maximum atomic E-state index is 5.60. The SMILES string of the molecule is COC1CCCC1(C)C1=CCCC1. The van der Waals surface area contributed by atoms with Crippen molar-refractivity contribution in [2.24, 2.45) is 5.41 Å². The molecule has 2 atom stereocenters. The number of allylic oxidation sites excluding steroid dienone is 1. The third-order valence-electron chi connectivity index (χ3n) is 3.93. The molecule has 0 heterocycles. The number of hydrogen-bond donors (Lipinski definition) is 0. The average Bonchev–Trinajstić information content (AvgIpc) is 2.72. The third kappa shape index (κ3) is 1.43. The van der Waals surface area contributed by atoms with Crippen LogP contribution in [0.25, 0.3) is 0 Å². The predicted molar refractivity (Wildman–Crippen MR) is 54.7 cm³/mol. The summed E-state index contributed by atoms with van der Waals surface area (Å²) in [5.74, 6) is 0. The Kier molecular flexibility index (Phi) is 2.46.